The van der Waals surface area contributed by atoms with Crippen molar-refractivity contribution in [2.75, 3.05) is 0 Å². The van der Waals surface area contributed by atoms with Crippen LogP contribution in [0.2, 0.25) is 0 Å². The molecule has 5 nitrogen and oxygen atoms in total. The second kappa shape index (κ2) is 3.60. The van der Waals surface area contributed by atoms with Gasteiger partial charge in [-0.15, -0.1) is 0 Å². The number of amides is 1. The smallest absolute Gasteiger partial charge is 0.259 e. The van der Waals surface area contributed by atoms with E-state index in [-0.39, 0.29) is 5.91 Å². The zero-order chi connectivity index (χ0) is 12.8. The van der Waals surface area contributed by atoms with Gasteiger partial charge in [0, 0.05) is 11.6 Å². The Kier molecular flexibility index (Phi) is 2.16. The van der Waals surface area contributed by atoms with Crippen LogP contribution in [0.15, 0.2) is 41.3 Å². The van der Waals surface area contributed by atoms with E-state index in [1.807, 2.05) is 19.1 Å². The van der Waals surface area contributed by atoms with Gasteiger partial charge in [-0.2, -0.15) is 0 Å². The lowest BCUT2D eigenvalue weighted by Crippen LogP contribution is -2.42. The summed E-state index contributed by atoms with van der Waals surface area (Å²) >= 11 is 0. The third kappa shape index (κ3) is 1.33. The quantitative estimate of drug-likeness (QED) is 0.841. The van der Waals surface area contributed by atoms with Crippen molar-refractivity contribution in [2.45, 2.75) is 18.9 Å². The molecule has 0 unspecified atom stereocenters. The largest absolute Gasteiger partial charge is 0.456 e. The van der Waals surface area contributed by atoms with Gasteiger partial charge in [0.1, 0.15) is 5.76 Å². The lowest BCUT2D eigenvalue weighted by molar-refractivity contribution is -0.125. The summed E-state index contributed by atoms with van der Waals surface area (Å²) in [5, 5.41) is 6.69. The number of hydrogen-bond donors (Lipinski definition) is 2. The van der Waals surface area contributed by atoms with Gasteiger partial charge in [0.25, 0.3) is 5.91 Å². The summed E-state index contributed by atoms with van der Waals surface area (Å²) < 4.78 is 5.74. The maximum Gasteiger partial charge on any atom is 0.259 e. The van der Waals surface area contributed by atoms with Gasteiger partial charge in [-0.3, -0.25) is 9.78 Å². The summed E-state index contributed by atoms with van der Waals surface area (Å²) in [7, 11) is 0. The van der Waals surface area contributed by atoms with Crippen LogP contribution in [-0.2, 0) is 10.3 Å². The fraction of sp³-hybridized carbons (Fsp3) is 0.231. The van der Waals surface area contributed by atoms with Crippen LogP contribution in [0.3, 0.4) is 0 Å². The molecule has 0 radical (unpaired) electrons. The molecule has 1 aliphatic rings. The first-order valence-corrected chi connectivity index (χ1v) is 5.78. The first-order chi connectivity index (χ1) is 8.65. The Morgan fingerprint density at radius 3 is 3.00 bits per heavy atom. The van der Waals surface area contributed by atoms with Gasteiger partial charge in [-0.05, 0) is 18.6 Å². The SMILES string of the molecule is C=C1NC(=O)[C@](CC)(c2cc3ccncc3o2)N1. The average Bonchev–Trinajstić information content (AvgIpc) is 2.90. The summed E-state index contributed by atoms with van der Waals surface area (Å²) in [6, 6.07) is 3.72. The van der Waals surface area contributed by atoms with E-state index in [0.29, 0.717) is 23.6 Å². The lowest BCUT2D eigenvalue weighted by atomic mass is 9.93. The molecule has 3 heterocycles. The third-order valence-electron chi connectivity index (χ3n) is 3.29. The molecule has 1 aliphatic heterocycles. The summed E-state index contributed by atoms with van der Waals surface area (Å²) in [4.78, 5) is 16.1. The first kappa shape index (κ1) is 10.8. The van der Waals surface area contributed by atoms with E-state index in [1.165, 1.54) is 0 Å². The maximum atomic E-state index is 12.1. The monoisotopic (exact) mass is 243 g/mol. The number of fused-ring (bicyclic) bond motifs is 1. The van der Waals surface area contributed by atoms with Crippen LogP contribution in [0.5, 0.6) is 0 Å². The van der Waals surface area contributed by atoms with E-state index in [4.69, 9.17) is 4.42 Å². The molecular formula is C13H13N3O2. The predicted octanol–water partition coefficient (Wildman–Crippen LogP) is 1.62. The molecule has 5 heteroatoms. The van der Waals surface area contributed by atoms with Crippen LogP contribution >= 0.6 is 0 Å². The topological polar surface area (TPSA) is 67.2 Å². The number of aromatic nitrogens is 1. The molecular weight excluding hydrogens is 230 g/mol. The number of nitrogens with one attached hydrogen (secondary N) is 2. The zero-order valence-electron chi connectivity index (χ0n) is 9.99. The minimum absolute atomic E-state index is 0.137. The molecule has 0 bridgehead atoms. The fourth-order valence-corrected chi connectivity index (χ4v) is 2.28. The summed E-state index contributed by atoms with van der Waals surface area (Å²) in [6.07, 6.45) is 3.91. The molecule has 0 spiro atoms. The van der Waals surface area contributed by atoms with Crippen LogP contribution < -0.4 is 10.6 Å². The zero-order valence-corrected chi connectivity index (χ0v) is 9.99. The van der Waals surface area contributed by atoms with Gasteiger partial charge in [-0.1, -0.05) is 13.5 Å². The normalized spacial score (nSPS) is 23.2. The van der Waals surface area contributed by atoms with E-state index in [9.17, 15) is 4.79 Å². The van der Waals surface area contributed by atoms with Gasteiger partial charge >= 0.3 is 0 Å². The number of rotatable bonds is 2. The highest BCUT2D eigenvalue weighted by Gasteiger charge is 2.46. The van der Waals surface area contributed by atoms with Gasteiger partial charge in [0.05, 0.1) is 12.0 Å². The van der Waals surface area contributed by atoms with E-state index in [1.54, 1.807) is 12.4 Å². The van der Waals surface area contributed by atoms with Gasteiger partial charge in [-0.25, -0.2) is 0 Å². The molecule has 2 aromatic rings. The van der Waals surface area contributed by atoms with Crippen molar-refractivity contribution in [1.29, 1.82) is 0 Å². The molecule has 3 rings (SSSR count). The second-order valence-corrected chi connectivity index (χ2v) is 4.34. The van der Waals surface area contributed by atoms with E-state index >= 15 is 0 Å². The molecule has 0 aliphatic carbocycles. The van der Waals surface area contributed by atoms with Crippen molar-refractivity contribution in [3.05, 3.63) is 42.7 Å². The van der Waals surface area contributed by atoms with Crippen LogP contribution in [0.25, 0.3) is 11.0 Å². The second-order valence-electron chi connectivity index (χ2n) is 4.34. The number of hydrogen-bond acceptors (Lipinski definition) is 4. The molecule has 18 heavy (non-hydrogen) atoms. The van der Waals surface area contributed by atoms with Crippen LogP contribution in [0.4, 0.5) is 0 Å². The predicted molar refractivity (Wildman–Crippen MR) is 66.4 cm³/mol. The van der Waals surface area contributed by atoms with Crippen molar-refractivity contribution in [3.63, 3.8) is 0 Å². The van der Waals surface area contributed by atoms with E-state index < -0.39 is 5.54 Å². The number of nitrogens with zero attached hydrogens (tertiary/aromatic N) is 1. The number of pyridine rings is 1. The minimum Gasteiger partial charge on any atom is -0.456 e. The number of carbonyl (C=O) groups excluding carboxylic acids is 1. The highest BCUT2D eigenvalue weighted by Crippen LogP contribution is 2.33. The van der Waals surface area contributed by atoms with E-state index in [0.717, 1.165) is 5.39 Å². The van der Waals surface area contributed by atoms with Crippen LogP contribution in [0, 0.1) is 0 Å². The standard InChI is InChI=1S/C13H13N3O2/c1-3-13(12(17)15-8(2)16-13)11-6-9-4-5-14-7-10(9)18-11/h4-7,16H,2-3H2,1H3,(H,15,17)/t13-/m0/s1. The Hall–Kier alpha value is -2.30. The minimum atomic E-state index is -0.865. The summed E-state index contributed by atoms with van der Waals surface area (Å²) in [5.74, 6) is 0.951. The fourth-order valence-electron chi connectivity index (χ4n) is 2.28. The van der Waals surface area contributed by atoms with Gasteiger partial charge in [0.2, 0.25) is 0 Å². The molecule has 0 aromatic carbocycles. The first-order valence-electron chi connectivity index (χ1n) is 5.78. The number of furan rings is 1. The Balaban J connectivity index is 2.17. The molecule has 0 saturated carbocycles. The van der Waals surface area contributed by atoms with Crippen molar-refractivity contribution in [1.82, 2.24) is 15.6 Å². The highest BCUT2D eigenvalue weighted by molar-refractivity contribution is 5.92. The summed E-state index contributed by atoms with van der Waals surface area (Å²) in [5.41, 5.74) is -0.191. The molecule has 1 saturated heterocycles. The molecule has 1 fully saturated rings. The Morgan fingerprint density at radius 1 is 1.56 bits per heavy atom. The molecule has 1 atom stereocenters. The van der Waals surface area contributed by atoms with E-state index in [2.05, 4.69) is 22.2 Å². The molecule has 2 N–H and O–H groups in total. The summed E-state index contributed by atoms with van der Waals surface area (Å²) in [6.45, 7) is 5.66. The Bertz CT molecular complexity index is 613. The highest BCUT2D eigenvalue weighted by atomic mass is 16.3. The van der Waals surface area contributed by atoms with Gasteiger partial charge < -0.3 is 15.1 Å². The Labute approximate surface area is 104 Å². The third-order valence-corrected chi connectivity index (χ3v) is 3.29. The van der Waals surface area contributed by atoms with Crippen molar-refractivity contribution >= 4 is 16.9 Å². The molecule has 1 amide bonds. The van der Waals surface area contributed by atoms with Crippen molar-refractivity contribution < 1.29 is 9.21 Å². The van der Waals surface area contributed by atoms with Crippen molar-refractivity contribution in [3.8, 4) is 0 Å². The molecule has 92 valence electrons. The molecule has 2 aromatic heterocycles. The Morgan fingerprint density at radius 2 is 2.39 bits per heavy atom. The van der Waals surface area contributed by atoms with Crippen LogP contribution in [-0.4, -0.2) is 10.9 Å². The lowest BCUT2D eigenvalue weighted by Gasteiger charge is -2.22. The number of carbonyl (C=O) groups is 1. The van der Waals surface area contributed by atoms with Crippen LogP contribution in [0.1, 0.15) is 19.1 Å². The van der Waals surface area contributed by atoms with Crippen molar-refractivity contribution in [2.24, 2.45) is 0 Å². The van der Waals surface area contributed by atoms with Gasteiger partial charge in [0.15, 0.2) is 11.1 Å². The maximum absolute atomic E-state index is 12.1. The average molecular weight is 243 g/mol.